The summed E-state index contributed by atoms with van der Waals surface area (Å²) < 4.78 is 5.87. The Hall–Kier alpha value is -3.08. The minimum Gasteiger partial charge on any atom is -0.481 e. The number of aliphatic carboxylic acids is 1. The number of carboxylic acids is 1. The number of fused-ring (bicyclic) bond motifs is 5. The first kappa shape index (κ1) is 19.9. The van der Waals surface area contributed by atoms with Crippen LogP contribution >= 0.6 is 0 Å². The van der Waals surface area contributed by atoms with E-state index in [0.717, 1.165) is 18.4 Å². The van der Waals surface area contributed by atoms with Gasteiger partial charge in [0.05, 0.1) is 11.5 Å². The lowest BCUT2D eigenvalue weighted by atomic mass is 9.79. The van der Waals surface area contributed by atoms with Gasteiger partial charge in [0.15, 0.2) is 0 Å². The zero-order chi connectivity index (χ0) is 21.8. The fourth-order valence-corrected chi connectivity index (χ4v) is 5.38. The molecule has 5 nitrogen and oxygen atoms in total. The molecule has 1 amide bonds. The molecule has 2 heterocycles. The standard InChI is InChI=1S/C26H27NO4/c1-26(2,24(28)29)16-13-17-11-12-18(14-16)27(17)25(30)31-15-23-21-9-5-3-7-19(21)20-8-4-6-10-22(20)23/h3-10,13,17-18,23H,11-12,14-15H2,1-2H3,(H,28,29). The summed E-state index contributed by atoms with van der Waals surface area (Å²) >= 11 is 0. The van der Waals surface area contributed by atoms with Gasteiger partial charge in [0.2, 0.25) is 0 Å². The molecular weight excluding hydrogens is 390 g/mol. The fraction of sp³-hybridized carbons (Fsp3) is 0.385. The Morgan fingerprint density at radius 2 is 1.65 bits per heavy atom. The minimum absolute atomic E-state index is 0.0132. The van der Waals surface area contributed by atoms with Gasteiger partial charge in [-0.2, -0.15) is 0 Å². The second-order valence-corrected chi connectivity index (χ2v) is 9.34. The van der Waals surface area contributed by atoms with Crippen LogP contribution in [-0.2, 0) is 9.53 Å². The van der Waals surface area contributed by atoms with Crippen molar-refractivity contribution < 1.29 is 19.4 Å². The highest BCUT2D eigenvalue weighted by Crippen LogP contribution is 2.45. The van der Waals surface area contributed by atoms with Crippen LogP contribution in [0.2, 0.25) is 0 Å². The lowest BCUT2D eigenvalue weighted by Gasteiger charge is -2.37. The number of hydrogen-bond acceptors (Lipinski definition) is 3. The molecule has 160 valence electrons. The van der Waals surface area contributed by atoms with Crippen LogP contribution in [0.3, 0.4) is 0 Å². The molecule has 2 atom stereocenters. The normalized spacial score (nSPS) is 22.0. The first-order valence-electron chi connectivity index (χ1n) is 11.0. The first-order chi connectivity index (χ1) is 14.9. The summed E-state index contributed by atoms with van der Waals surface area (Å²) in [7, 11) is 0. The summed E-state index contributed by atoms with van der Waals surface area (Å²) in [4.78, 5) is 26.6. The van der Waals surface area contributed by atoms with Gasteiger partial charge in [-0.15, -0.1) is 0 Å². The van der Waals surface area contributed by atoms with Crippen molar-refractivity contribution in [3.05, 3.63) is 71.3 Å². The predicted octanol–water partition coefficient (Wildman–Crippen LogP) is 5.21. The van der Waals surface area contributed by atoms with E-state index < -0.39 is 11.4 Å². The maximum absolute atomic E-state index is 13.1. The molecule has 31 heavy (non-hydrogen) atoms. The van der Waals surface area contributed by atoms with Gasteiger partial charge in [0, 0.05) is 12.0 Å². The molecule has 0 saturated carbocycles. The molecule has 1 N–H and O–H groups in total. The van der Waals surface area contributed by atoms with Crippen LogP contribution in [0.1, 0.15) is 50.2 Å². The second kappa shape index (κ2) is 7.26. The summed E-state index contributed by atoms with van der Waals surface area (Å²) in [5, 5.41) is 9.58. The van der Waals surface area contributed by atoms with Crippen LogP contribution in [0.4, 0.5) is 4.79 Å². The lowest BCUT2D eigenvalue weighted by molar-refractivity contribution is -0.145. The van der Waals surface area contributed by atoms with E-state index in [2.05, 4.69) is 24.3 Å². The van der Waals surface area contributed by atoms with E-state index >= 15 is 0 Å². The quantitative estimate of drug-likeness (QED) is 0.694. The number of hydrogen-bond donors (Lipinski definition) is 1. The van der Waals surface area contributed by atoms with Gasteiger partial charge in [0.25, 0.3) is 0 Å². The summed E-state index contributed by atoms with van der Waals surface area (Å²) in [6.07, 6.45) is 4.02. The molecule has 3 aliphatic rings. The zero-order valence-corrected chi connectivity index (χ0v) is 17.9. The van der Waals surface area contributed by atoms with Crippen molar-refractivity contribution in [2.45, 2.75) is 51.1 Å². The van der Waals surface area contributed by atoms with Crippen molar-refractivity contribution >= 4 is 12.1 Å². The predicted molar refractivity (Wildman–Crippen MR) is 118 cm³/mol. The molecule has 0 radical (unpaired) electrons. The Labute approximate surface area is 182 Å². The molecule has 1 aliphatic carbocycles. The van der Waals surface area contributed by atoms with E-state index in [1.54, 1.807) is 13.8 Å². The Kier molecular flexibility index (Phi) is 4.65. The first-order valence-corrected chi connectivity index (χ1v) is 11.0. The molecule has 0 spiro atoms. The molecule has 5 rings (SSSR count). The Morgan fingerprint density at radius 3 is 2.23 bits per heavy atom. The topological polar surface area (TPSA) is 66.8 Å². The molecule has 2 aliphatic heterocycles. The van der Waals surface area contributed by atoms with Crippen molar-refractivity contribution in [2.24, 2.45) is 5.41 Å². The number of benzene rings is 2. The smallest absolute Gasteiger partial charge is 0.410 e. The highest BCUT2D eigenvalue weighted by Gasteiger charge is 2.45. The van der Waals surface area contributed by atoms with Crippen LogP contribution in [0.5, 0.6) is 0 Å². The number of rotatable bonds is 4. The monoisotopic (exact) mass is 417 g/mol. The maximum atomic E-state index is 13.1. The molecule has 5 heteroatoms. The average molecular weight is 418 g/mol. The van der Waals surface area contributed by atoms with Crippen LogP contribution < -0.4 is 0 Å². The number of carboxylic acid groups (broad SMARTS) is 1. The summed E-state index contributed by atoms with van der Waals surface area (Å²) in [6.45, 7) is 3.78. The van der Waals surface area contributed by atoms with Crippen molar-refractivity contribution in [1.29, 1.82) is 0 Å². The second-order valence-electron chi connectivity index (χ2n) is 9.34. The molecule has 1 fully saturated rings. The molecule has 2 unspecified atom stereocenters. The Bertz CT molecular complexity index is 1040. The number of ether oxygens (including phenoxy) is 1. The maximum Gasteiger partial charge on any atom is 0.410 e. The van der Waals surface area contributed by atoms with Crippen molar-refractivity contribution in [1.82, 2.24) is 4.90 Å². The molecular formula is C26H27NO4. The molecule has 2 bridgehead atoms. The third kappa shape index (κ3) is 3.14. The third-order valence-electron chi connectivity index (χ3n) is 7.28. The SMILES string of the molecule is CC(C)(C(=O)O)C1=CC2CCC(C1)N2C(=O)OCC1c2ccccc2-c2ccccc21. The van der Waals surface area contributed by atoms with Crippen molar-refractivity contribution in [3.8, 4) is 11.1 Å². The van der Waals surface area contributed by atoms with Gasteiger partial charge in [-0.25, -0.2) is 4.79 Å². The highest BCUT2D eigenvalue weighted by atomic mass is 16.6. The van der Waals surface area contributed by atoms with E-state index in [1.165, 1.54) is 22.3 Å². The van der Waals surface area contributed by atoms with E-state index in [0.29, 0.717) is 13.0 Å². The van der Waals surface area contributed by atoms with Crippen LogP contribution in [0.25, 0.3) is 11.1 Å². The molecule has 0 aromatic heterocycles. The number of carbonyl (C=O) groups excluding carboxylic acids is 1. The molecule has 2 aromatic carbocycles. The third-order valence-corrected chi connectivity index (χ3v) is 7.28. The molecule has 1 saturated heterocycles. The van der Waals surface area contributed by atoms with E-state index in [-0.39, 0.29) is 24.1 Å². The zero-order valence-electron chi connectivity index (χ0n) is 17.9. The minimum atomic E-state index is -0.909. The number of carbonyl (C=O) groups is 2. The largest absolute Gasteiger partial charge is 0.481 e. The summed E-state index contributed by atoms with van der Waals surface area (Å²) in [6, 6.07) is 16.5. The van der Waals surface area contributed by atoms with Gasteiger partial charge in [-0.3, -0.25) is 9.69 Å². The fourth-order valence-electron chi connectivity index (χ4n) is 5.38. The highest BCUT2D eigenvalue weighted by molar-refractivity contribution is 5.80. The molecule has 2 aromatic rings. The van der Waals surface area contributed by atoms with Crippen LogP contribution in [0, 0.1) is 5.41 Å². The van der Waals surface area contributed by atoms with E-state index in [1.807, 2.05) is 35.2 Å². The van der Waals surface area contributed by atoms with Crippen molar-refractivity contribution in [3.63, 3.8) is 0 Å². The summed E-state index contributed by atoms with van der Waals surface area (Å²) in [5.41, 5.74) is 4.82. The number of nitrogens with zero attached hydrogens (tertiary/aromatic N) is 1. The van der Waals surface area contributed by atoms with Gasteiger partial charge in [0.1, 0.15) is 6.61 Å². The average Bonchev–Trinajstić information content (AvgIpc) is 3.22. The van der Waals surface area contributed by atoms with Gasteiger partial charge in [-0.1, -0.05) is 60.2 Å². The van der Waals surface area contributed by atoms with Gasteiger partial charge in [-0.05, 0) is 55.4 Å². The van der Waals surface area contributed by atoms with Gasteiger partial charge >= 0.3 is 12.1 Å². The van der Waals surface area contributed by atoms with Crippen LogP contribution in [0.15, 0.2) is 60.2 Å². The van der Waals surface area contributed by atoms with Crippen molar-refractivity contribution in [2.75, 3.05) is 6.61 Å². The Balaban J connectivity index is 1.33. The van der Waals surface area contributed by atoms with Gasteiger partial charge < -0.3 is 9.84 Å². The lowest BCUT2D eigenvalue weighted by Crippen LogP contribution is -2.45. The van der Waals surface area contributed by atoms with Crippen LogP contribution in [-0.4, -0.2) is 40.8 Å². The van der Waals surface area contributed by atoms with E-state index in [4.69, 9.17) is 4.74 Å². The van der Waals surface area contributed by atoms with E-state index in [9.17, 15) is 14.7 Å². The number of amides is 1. The Morgan fingerprint density at radius 1 is 1.03 bits per heavy atom. The summed E-state index contributed by atoms with van der Waals surface area (Å²) in [5.74, 6) is -0.788.